The number of allylic oxidation sites excluding steroid dienone is 3. The molecule has 0 atom stereocenters. The van der Waals surface area contributed by atoms with Crippen LogP contribution < -0.4 is 0 Å². The lowest BCUT2D eigenvalue weighted by atomic mass is 10.2. The van der Waals surface area contributed by atoms with Crippen LogP contribution in [0.25, 0.3) is 0 Å². The van der Waals surface area contributed by atoms with Crippen LogP contribution in [0.4, 0.5) is 0 Å². The monoisotopic (exact) mass is 137 g/mol. The molecule has 0 amide bonds. The Morgan fingerprint density at radius 3 is 2.50 bits per heavy atom. The smallest absolute Gasteiger partial charge is 0.0360 e. The maximum atomic E-state index is 4.15. The normalized spacial score (nSPS) is 13.5. The molecule has 1 heteroatoms. The molecule has 0 aromatic heterocycles. The largest absolute Gasteiger partial charge is 0.266 e. The molecule has 0 aliphatic heterocycles. The van der Waals surface area contributed by atoms with Crippen molar-refractivity contribution in [3.8, 4) is 0 Å². The van der Waals surface area contributed by atoms with Crippen LogP contribution in [0.1, 0.15) is 27.2 Å². The van der Waals surface area contributed by atoms with E-state index in [1.165, 1.54) is 5.57 Å². The van der Waals surface area contributed by atoms with Crippen LogP contribution in [-0.2, 0) is 0 Å². The summed E-state index contributed by atoms with van der Waals surface area (Å²) in [6.07, 6.45) is 4.63. The lowest BCUT2D eigenvalue weighted by Gasteiger charge is -1.97. The molecule has 1 nitrogen and oxygen atoms in total. The van der Waals surface area contributed by atoms with E-state index in [0.717, 1.165) is 12.1 Å². The third-order valence-electron chi connectivity index (χ3n) is 1.39. The van der Waals surface area contributed by atoms with E-state index in [2.05, 4.69) is 18.5 Å². The minimum absolute atomic E-state index is 0.934. The average molecular weight is 137 g/mol. The van der Waals surface area contributed by atoms with E-state index in [0.29, 0.717) is 0 Å². The molecule has 0 radical (unpaired) electrons. The van der Waals surface area contributed by atoms with Crippen molar-refractivity contribution in [1.82, 2.24) is 0 Å². The molecular weight excluding hydrogens is 122 g/mol. The van der Waals surface area contributed by atoms with Crippen LogP contribution in [-0.4, -0.2) is 6.21 Å². The third kappa shape index (κ3) is 3.23. The van der Waals surface area contributed by atoms with Crippen molar-refractivity contribution >= 4 is 6.21 Å². The SMILES string of the molecule is C=CC/C(C)=C(\C)N=CC. The molecule has 0 aliphatic rings. The van der Waals surface area contributed by atoms with Crippen molar-refractivity contribution in [3.63, 3.8) is 0 Å². The van der Waals surface area contributed by atoms with Gasteiger partial charge in [-0.3, -0.25) is 4.99 Å². The quantitative estimate of drug-likeness (QED) is 0.419. The van der Waals surface area contributed by atoms with E-state index in [1.54, 1.807) is 0 Å². The zero-order valence-electron chi connectivity index (χ0n) is 7.02. The van der Waals surface area contributed by atoms with E-state index in [4.69, 9.17) is 0 Å². The van der Waals surface area contributed by atoms with Crippen molar-refractivity contribution in [2.45, 2.75) is 27.2 Å². The first-order valence-corrected chi connectivity index (χ1v) is 3.48. The fraction of sp³-hybridized carbons (Fsp3) is 0.444. The molecule has 0 bridgehead atoms. The van der Waals surface area contributed by atoms with Crippen molar-refractivity contribution in [1.29, 1.82) is 0 Å². The molecule has 0 saturated heterocycles. The molecule has 0 heterocycles. The van der Waals surface area contributed by atoms with E-state index in [1.807, 2.05) is 26.1 Å². The van der Waals surface area contributed by atoms with Gasteiger partial charge in [0.15, 0.2) is 0 Å². The predicted molar refractivity (Wildman–Crippen MR) is 47.4 cm³/mol. The van der Waals surface area contributed by atoms with Crippen molar-refractivity contribution in [2.24, 2.45) is 4.99 Å². The molecule has 0 aromatic carbocycles. The van der Waals surface area contributed by atoms with Gasteiger partial charge < -0.3 is 0 Å². The van der Waals surface area contributed by atoms with E-state index >= 15 is 0 Å². The van der Waals surface area contributed by atoms with Gasteiger partial charge in [-0.15, -0.1) is 6.58 Å². The van der Waals surface area contributed by atoms with Gasteiger partial charge in [-0.2, -0.15) is 0 Å². The molecule has 0 saturated carbocycles. The summed E-state index contributed by atoms with van der Waals surface area (Å²) >= 11 is 0. The Bertz CT molecular complexity index is 164. The van der Waals surface area contributed by atoms with Gasteiger partial charge >= 0.3 is 0 Å². The molecule has 0 unspecified atom stereocenters. The van der Waals surface area contributed by atoms with Crippen LogP contribution in [0.5, 0.6) is 0 Å². The van der Waals surface area contributed by atoms with E-state index < -0.39 is 0 Å². The first-order valence-electron chi connectivity index (χ1n) is 3.48. The van der Waals surface area contributed by atoms with Gasteiger partial charge in [0, 0.05) is 11.9 Å². The Hall–Kier alpha value is -0.850. The summed E-state index contributed by atoms with van der Waals surface area (Å²) in [6.45, 7) is 9.66. The van der Waals surface area contributed by atoms with Gasteiger partial charge in [0.25, 0.3) is 0 Å². The van der Waals surface area contributed by atoms with Gasteiger partial charge in [0.1, 0.15) is 0 Å². The Balaban J connectivity index is 4.17. The summed E-state index contributed by atoms with van der Waals surface area (Å²) < 4.78 is 0. The molecule has 0 rings (SSSR count). The molecule has 0 aromatic rings. The van der Waals surface area contributed by atoms with Crippen LogP contribution in [0, 0.1) is 0 Å². The highest BCUT2D eigenvalue weighted by Gasteiger charge is 1.89. The second kappa shape index (κ2) is 4.98. The molecule has 0 N–H and O–H groups in total. The summed E-state index contributed by atoms with van der Waals surface area (Å²) in [7, 11) is 0. The fourth-order valence-electron chi connectivity index (χ4n) is 0.668. The van der Waals surface area contributed by atoms with Crippen molar-refractivity contribution < 1.29 is 0 Å². The van der Waals surface area contributed by atoms with Crippen LogP contribution >= 0.6 is 0 Å². The lowest BCUT2D eigenvalue weighted by Crippen LogP contribution is -1.79. The van der Waals surface area contributed by atoms with Crippen LogP contribution in [0.3, 0.4) is 0 Å². The highest BCUT2D eigenvalue weighted by atomic mass is 14.7. The van der Waals surface area contributed by atoms with Crippen molar-refractivity contribution in [2.75, 3.05) is 0 Å². The maximum Gasteiger partial charge on any atom is 0.0360 e. The number of rotatable bonds is 3. The molecule has 10 heavy (non-hydrogen) atoms. The molecule has 0 aliphatic carbocycles. The zero-order chi connectivity index (χ0) is 7.98. The van der Waals surface area contributed by atoms with Gasteiger partial charge in [0.2, 0.25) is 0 Å². The molecular formula is C9H15N. The summed E-state index contributed by atoms with van der Waals surface area (Å²) in [4.78, 5) is 4.15. The highest BCUT2D eigenvalue weighted by Crippen LogP contribution is 2.08. The average Bonchev–Trinajstić information content (AvgIpc) is 1.89. The number of hydrogen-bond acceptors (Lipinski definition) is 1. The van der Waals surface area contributed by atoms with Crippen LogP contribution in [0.15, 0.2) is 28.9 Å². The topological polar surface area (TPSA) is 12.4 Å². The Kier molecular flexibility index (Phi) is 4.55. The Morgan fingerprint density at radius 2 is 2.10 bits per heavy atom. The van der Waals surface area contributed by atoms with Gasteiger partial charge in [-0.25, -0.2) is 0 Å². The Labute approximate surface area is 63.2 Å². The van der Waals surface area contributed by atoms with Crippen LogP contribution in [0.2, 0.25) is 0 Å². The number of nitrogens with zero attached hydrogens (tertiary/aromatic N) is 1. The molecule has 0 spiro atoms. The first-order chi connectivity index (χ1) is 4.72. The lowest BCUT2D eigenvalue weighted by molar-refractivity contribution is 1.11. The zero-order valence-corrected chi connectivity index (χ0v) is 7.02. The molecule has 56 valence electrons. The predicted octanol–water partition coefficient (Wildman–Crippen LogP) is 2.95. The van der Waals surface area contributed by atoms with E-state index in [9.17, 15) is 0 Å². The fourth-order valence-corrected chi connectivity index (χ4v) is 0.668. The van der Waals surface area contributed by atoms with Crippen molar-refractivity contribution in [3.05, 3.63) is 23.9 Å². The van der Waals surface area contributed by atoms with E-state index in [-0.39, 0.29) is 0 Å². The van der Waals surface area contributed by atoms with Gasteiger partial charge in [0.05, 0.1) is 0 Å². The summed E-state index contributed by atoms with van der Waals surface area (Å²) in [5.74, 6) is 0. The second-order valence-corrected chi connectivity index (χ2v) is 2.25. The number of aliphatic imine (C=N–C) groups is 1. The van der Waals surface area contributed by atoms with Gasteiger partial charge in [-0.05, 0) is 32.8 Å². The summed E-state index contributed by atoms with van der Waals surface area (Å²) in [5, 5.41) is 0. The van der Waals surface area contributed by atoms with Gasteiger partial charge in [-0.1, -0.05) is 6.08 Å². The highest BCUT2D eigenvalue weighted by molar-refractivity contribution is 5.55. The molecule has 0 fully saturated rings. The minimum Gasteiger partial charge on any atom is -0.266 e. The third-order valence-corrected chi connectivity index (χ3v) is 1.39. The summed E-state index contributed by atoms with van der Waals surface area (Å²) in [6, 6.07) is 0. The Morgan fingerprint density at radius 1 is 1.50 bits per heavy atom. The standard InChI is InChI=1S/C9H15N/c1-5-7-8(3)9(4)10-6-2/h5-6H,1,7H2,2-4H3/b9-8+,10-6?. The maximum absolute atomic E-state index is 4.15. The number of hydrogen-bond donors (Lipinski definition) is 0. The first kappa shape index (κ1) is 9.15. The second-order valence-electron chi connectivity index (χ2n) is 2.25. The minimum atomic E-state index is 0.934. The summed E-state index contributed by atoms with van der Waals surface area (Å²) in [5.41, 5.74) is 2.38.